The summed E-state index contributed by atoms with van der Waals surface area (Å²) in [6, 6.07) is 0.533. The van der Waals surface area contributed by atoms with Crippen LogP contribution in [0.5, 0.6) is 6.01 Å². The molecule has 1 heterocycles. The third kappa shape index (κ3) is 3.19. The van der Waals surface area contributed by atoms with Gasteiger partial charge in [-0.2, -0.15) is 0 Å². The van der Waals surface area contributed by atoms with Crippen molar-refractivity contribution in [1.29, 1.82) is 0 Å². The van der Waals surface area contributed by atoms with Crippen LogP contribution in [0, 0.1) is 12.8 Å². The predicted octanol–water partition coefficient (Wildman–Crippen LogP) is 2.46. The maximum absolute atomic E-state index is 5.94. The molecule has 2 atom stereocenters. The summed E-state index contributed by atoms with van der Waals surface area (Å²) in [4.78, 5) is 8.76. The second-order valence-electron chi connectivity index (χ2n) is 5.21. The number of aromatic nitrogens is 2. The van der Waals surface area contributed by atoms with Crippen LogP contribution in [-0.2, 0) is 6.54 Å². The minimum atomic E-state index is 0.285. The maximum Gasteiger partial charge on any atom is 0.316 e. The van der Waals surface area contributed by atoms with Gasteiger partial charge in [-0.1, -0.05) is 13.3 Å². The lowest BCUT2D eigenvalue weighted by Crippen LogP contribution is -2.29. The normalized spacial score (nSPS) is 23.9. The van der Waals surface area contributed by atoms with E-state index in [0.29, 0.717) is 11.9 Å². The van der Waals surface area contributed by atoms with Crippen LogP contribution in [0.2, 0.25) is 0 Å². The first-order valence-corrected chi connectivity index (χ1v) is 6.84. The van der Waals surface area contributed by atoms with Gasteiger partial charge >= 0.3 is 6.01 Å². The molecule has 1 aromatic rings. The molecule has 1 N–H and O–H groups in total. The van der Waals surface area contributed by atoms with Gasteiger partial charge in [0, 0.05) is 24.0 Å². The average molecular weight is 249 g/mol. The fourth-order valence-electron chi connectivity index (χ4n) is 2.48. The second kappa shape index (κ2) is 6.14. The number of nitrogens with one attached hydrogen (secondary N) is 1. The number of rotatable bonds is 4. The Bertz CT molecular complexity index is 395. The van der Waals surface area contributed by atoms with E-state index in [0.717, 1.165) is 24.2 Å². The van der Waals surface area contributed by atoms with Gasteiger partial charge in [-0.05, 0) is 39.2 Å². The molecule has 0 amide bonds. The molecule has 0 spiro atoms. The van der Waals surface area contributed by atoms with Gasteiger partial charge < -0.3 is 10.1 Å². The second-order valence-corrected chi connectivity index (χ2v) is 5.21. The average Bonchev–Trinajstić information content (AvgIpc) is 2.36. The molecule has 0 aromatic carbocycles. The lowest BCUT2D eigenvalue weighted by Gasteiger charge is -2.28. The van der Waals surface area contributed by atoms with Crippen LogP contribution < -0.4 is 10.1 Å². The highest BCUT2D eigenvalue weighted by molar-refractivity contribution is 5.17. The molecule has 1 aliphatic carbocycles. The molecular formula is C14H23N3O. The van der Waals surface area contributed by atoms with E-state index in [2.05, 4.69) is 22.2 Å². The zero-order valence-electron chi connectivity index (χ0n) is 11.6. The standard InChI is InChI=1S/C14H23N3O/c1-10-6-4-5-7-13(10)18-14-16-9-12(8-15-3)11(2)17-14/h9-10,13,15H,4-8H2,1-3H3. The third-order valence-corrected chi connectivity index (χ3v) is 3.72. The third-order valence-electron chi connectivity index (χ3n) is 3.72. The van der Waals surface area contributed by atoms with Crippen molar-refractivity contribution < 1.29 is 4.74 Å². The zero-order valence-corrected chi connectivity index (χ0v) is 11.6. The SMILES string of the molecule is CNCc1cnc(OC2CCCCC2C)nc1C. The topological polar surface area (TPSA) is 47.0 Å². The summed E-state index contributed by atoms with van der Waals surface area (Å²) in [7, 11) is 1.92. The first-order chi connectivity index (χ1) is 8.70. The first kappa shape index (κ1) is 13.3. The molecule has 1 aliphatic rings. The van der Waals surface area contributed by atoms with Gasteiger partial charge in [0.15, 0.2) is 0 Å². The van der Waals surface area contributed by atoms with Crippen LogP contribution in [0.4, 0.5) is 0 Å². The Morgan fingerprint density at radius 2 is 2.17 bits per heavy atom. The quantitative estimate of drug-likeness (QED) is 0.890. The molecule has 0 radical (unpaired) electrons. The van der Waals surface area contributed by atoms with E-state index in [4.69, 9.17) is 4.74 Å². The molecule has 0 aliphatic heterocycles. The largest absolute Gasteiger partial charge is 0.460 e. The highest BCUT2D eigenvalue weighted by Gasteiger charge is 2.23. The fraction of sp³-hybridized carbons (Fsp3) is 0.714. The monoisotopic (exact) mass is 249 g/mol. The smallest absolute Gasteiger partial charge is 0.316 e. The Morgan fingerprint density at radius 3 is 2.83 bits per heavy atom. The molecule has 4 heteroatoms. The number of hydrogen-bond donors (Lipinski definition) is 1. The number of aryl methyl sites for hydroxylation is 1. The summed E-state index contributed by atoms with van der Waals surface area (Å²) < 4.78 is 5.94. The Morgan fingerprint density at radius 1 is 1.39 bits per heavy atom. The van der Waals surface area contributed by atoms with Crippen molar-refractivity contribution in [3.63, 3.8) is 0 Å². The van der Waals surface area contributed by atoms with Crippen molar-refractivity contribution in [3.05, 3.63) is 17.5 Å². The molecular weight excluding hydrogens is 226 g/mol. The highest BCUT2D eigenvalue weighted by atomic mass is 16.5. The van der Waals surface area contributed by atoms with Crippen molar-refractivity contribution in [2.75, 3.05) is 7.05 Å². The van der Waals surface area contributed by atoms with E-state index in [1.807, 2.05) is 20.2 Å². The van der Waals surface area contributed by atoms with Gasteiger partial charge in [0.25, 0.3) is 0 Å². The summed E-state index contributed by atoms with van der Waals surface area (Å²) >= 11 is 0. The van der Waals surface area contributed by atoms with Crippen molar-refractivity contribution in [2.45, 2.75) is 52.2 Å². The number of hydrogen-bond acceptors (Lipinski definition) is 4. The van der Waals surface area contributed by atoms with Gasteiger partial charge in [0.05, 0.1) is 0 Å². The molecule has 2 rings (SSSR count). The van der Waals surface area contributed by atoms with Crippen LogP contribution in [0.3, 0.4) is 0 Å². The minimum Gasteiger partial charge on any atom is -0.460 e. The van der Waals surface area contributed by atoms with Crippen LogP contribution in [0.1, 0.15) is 43.9 Å². The first-order valence-electron chi connectivity index (χ1n) is 6.84. The zero-order chi connectivity index (χ0) is 13.0. The van der Waals surface area contributed by atoms with Crippen molar-refractivity contribution in [3.8, 4) is 6.01 Å². The molecule has 18 heavy (non-hydrogen) atoms. The van der Waals surface area contributed by atoms with Gasteiger partial charge in [0.2, 0.25) is 0 Å². The molecule has 0 saturated heterocycles. The maximum atomic E-state index is 5.94. The molecule has 0 bridgehead atoms. The van der Waals surface area contributed by atoms with Gasteiger partial charge in [-0.25, -0.2) is 9.97 Å². The number of nitrogens with zero attached hydrogens (tertiary/aromatic N) is 2. The Balaban J connectivity index is 2.02. The summed E-state index contributed by atoms with van der Waals surface area (Å²) in [5.74, 6) is 0.611. The molecule has 1 fully saturated rings. The molecule has 4 nitrogen and oxygen atoms in total. The molecule has 1 saturated carbocycles. The predicted molar refractivity (Wildman–Crippen MR) is 71.6 cm³/mol. The number of ether oxygens (including phenoxy) is 1. The van der Waals surface area contributed by atoms with E-state index >= 15 is 0 Å². The molecule has 2 unspecified atom stereocenters. The summed E-state index contributed by atoms with van der Waals surface area (Å²) in [5.41, 5.74) is 2.12. The fourth-order valence-corrected chi connectivity index (χ4v) is 2.48. The summed E-state index contributed by atoms with van der Waals surface area (Å²) in [5, 5.41) is 3.11. The Hall–Kier alpha value is -1.16. The summed E-state index contributed by atoms with van der Waals surface area (Å²) in [6.07, 6.45) is 7.10. The van der Waals surface area contributed by atoms with E-state index in [-0.39, 0.29) is 6.10 Å². The van der Waals surface area contributed by atoms with Gasteiger partial charge in [-0.15, -0.1) is 0 Å². The lowest BCUT2D eigenvalue weighted by molar-refractivity contribution is 0.0920. The van der Waals surface area contributed by atoms with Gasteiger partial charge in [-0.3, -0.25) is 0 Å². The molecule has 1 aromatic heterocycles. The van der Waals surface area contributed by atoms with E-state index in [9.17, 15) is 0 Å². The highest BCUT2D eigenvalue weighted by Crippen LogP contribution is 2.26. The van der Waals surface area contributed by atoms with E-state index in [1.54, 1.807) is 0 Å². The molecule has 100 valence electrons. The van der Waals surface area contributed by atoms with Crippen LogP contribution in [0.25, 0.3) is 0 Å². The lowest BCUT2D eigenvalue weighted by atomic mass is 9.88. The van der Waals surface area contributed by atoms with Gasteiger partial charge in [0.1, 0.15) is 6.10 Å². The minimum absolute atomic E-state index is 0.285. The van der Waals surface area contributed by atoms with Crippen molar-refractivity contribution in [1.82, 2.24) is 15.3 Å². The van der Waals surface area contributed by atoms with Crippen LogP contribution >= 0.6 is 0 Å². The van der Waals surface area contributed by atoms with Crippen molar-refractivity contribution >= 4 is 0 Å². The van der Waals surface area contributed by atoms with Crippen LogP contribution in [-0.4, -0.2) is 23.1 Å². The van der Waals surface area contributed by atoms with Crippen molar-refractivity contribution in [2.24, 2.45) is 5.92 Å². The summed E-state index contributed by atoms with van der Waals surface area (Å²) in [6.45, 7) is 5.06. The van der Waals surface area contributed by atoms with E-state index in [1.165, 1.54) is 19.3 Å². The van der Waals surface area contributed by atoms with Crippen LogP contribution in [0.15, 0.2) is 6.20 Å². The Kier molecular flexibility index (Phi) is 4.53. The Labute approximate surface area is 109 Å². The van der Waals surface area contributed by atoms with E-state index < -0.39 is 0 Å².